The third-order valence-electron chi connectivity index (χ3n) is 3.00. The van der Waals surface area contributed by atoms with E-state index in [4.69, 9.17) is 10.4 Å². The zero-order chi connectivity index (χ0) is 15.0. The number of para-hydroxylation sites is 1. The summed E-state index contributed by atoms with van der Waals surface area (Å²) in [5.41, 5.74) is 0.984. The highest BCUT2D eigenvalue weighted by Gasteiger charge is 2.14. The van der Waals surface area contributed by atoms with Crippen molar-refractivity contribution in [3.05, 3.63) is 29.8 Å². The van der Waals surface area contributed by atoms with Crippen LogP contribution in [-0.2, 0) is 4.79 Å². The summed E-state index contributed by atoms with van der Waals surface area (Å²) in [6, 6.07) is 9.19. The Balaban J connectivity index is 2.64. The molecule has 5 heteroatoms. The van der Waals surface area contributed by atoms with Gasteiger partial charge in [-0.3, -0.25) is 9.69 Å². The molecule has 0 aromatic heterocycles. The fourth-order valence-corrected chi connectivity index (χ4v) is 1.86. The highest BCUT2D eigenvalue weighted by Crippen LogP contribution is 2.13. The fraction of sp³-hybridized carbons (Fsp3) is 0.467. The maximum atomic E-state index is 12.0. The van der Waals surface area contributed by atoms with Crippen molar-refractivity contribution in [3.63, 3.8) is 0 Å². The van der Waals surface area contributed by atoms with Gasteiger partial charge in [0.2, 0.25) is 5.91 Å². The van der Waals surface area contributed by atoms with Crippen molar-refractivity contribution in [1.82, 2.24) is 4.90 Å². The van der Waals surface area contributed by atoms with E-state index >= 15 is 0 Å². The highest BCUT2D eigenvalue weighted by atomic mass is 16.3. The third kappa shape index (κ3) is 5.00. The number of carbonyl (C=O) groups is 1. The standard InChI is InChI=1S/C15H21N3O2/c1-12(2)18(8-5-9-19)11-15(20)17-14-7-4-3-6-13(14)10-16/h3-4,6-7,12,19H,5,8-9,11H2,1-2H3,(H,17,20). The number of rotatable bonds is 7. The maximum Gasteiger partial charge on any atom is 0.238 e. The number of hydrogen-bond acceptors (Lipinski definition) is 4. The van der Waals surface area contributed by atoms with Crippen molar-refractivity contribution in [2.75, 3.05) is 25.0 Å². The molecule has 2 N–H and O–H groups in total. The summed E-state index contributed by atoms with van der Waals surface area (Å²) in [6.07, 6.45) is 0.639. The van der Waals surface area contributed by atoms with Crippen LogP contribution in [0.1, 0.15) is 25.8 Å². The van der Waals surface area contributed by atoms with Crippen LogP contribution < -0.4 is 5.32 Å². The number of amides is 1. The summed E-state index contributed by atoms with van der Waals surface area (Å²) in [7, 11) is 0. The average Bonchev–Trinajstić information content (AvgIpc) is 2.43. The number of nitrogens with zero attached hydrogens (tertiary/aromatic N) is 2. The van der Waals surface area contributed by atoms with Crippen molar-refractivity contribution in [3.8, 4) is 6.07 Å². The number of anilines is 1. The van der Waals surface area contributed by atoms with Crippen LogP contribution in [0.3, 0.4) is 0 Å². The Morgan fingerprint density at radius 1 is 1.45 bits per heavy atom. The van der Waals surface area contributed by atoms with Crippen molar-refractivity contribution in [1.29, 1.82) is 5.26 Å². The second kappa shape index (κ2) is 8.31. The zero-order valence-electron chi connectivity index (χ0n) is 12.0. The van der Waals surface area contributed by atoms with Crippen LogP contribution in [0.2, 0.25) is 0 Å². The van der Waals surface area contributed by atoms with Gasteiger partial charge in [-0.1, -0.05) is 12.1 Å². The Morgan fingerprint density at radius 3 is 2.75 bits per heavy atom. The lowest BCUT2D eigenvalue weighted by atomic mass is 10.2. The Morgan fingerprint density at radius 2 is 2.15 bits per heavy atom. The van der Waals surface area contributed by atoms with Crippen molar-refractivity contribution >= 4 is 11.6 Å². The van der Waals surface area contributed by atoms with Crippen LogP contribution in [0.5, 0.6) is 0 Å². The molecular formula is C15H21N3O2. The van der Waals surface area contributed by atoms with Crippen LogP contribution in [0.15, 0.2) is 24.3 Å². The second-order valence-electron chi connectivity index (χ2n) is 4.85. The monoisotopic (exact) mass is 275 g/mol. The van der Waals surface area contributed by atoms with E-state index in [1.54, 1.807) is 24.3 Å². The minimum absolute atomic E-state index is 0.113. The maximum absolute atomic E-state index is 12.0. The molecular weight excluding hydrogens is 254 g/mol. The molecule has 5 nitrogen and oxygen atoms in total. The lowest BCUT2D eigenvalue weighted by Gasteiger charge is -2.25. The molecule has 0 fully saturated rings. The third-order valence-corrected chi connectivity index (χ3v) is 3.00. The number of carbonyl (C=O) groups excluding carboxylic acids is 1. The van der Waals surface area contributed by atoms with E-state index in [1.807, 2.05) is 24.8 Å². The quantitative estimate of drug-likeness (QED) is 0.792. The number of nitriles is 1. The second-order valence-corrected chi connectivity index (χ2v) is 4.85. The number of aliphatic hydroxyl groups excluding tert-OH is 1. The predicted octanol–water partition coefficient (Wildman–Crippen LogP) is 1.59. The van der Waals surface area contributed by atoms with Crippen molar-refractivity contribution < 1.29 is 9.90 Å². The van der Waals surface area contributed by atoms with Crippen LogP contribution >= 0.6 is 0 Å². The Bertz CT molecular complexity index is 480. The van der Waals surface area contributed by atoms with Crippen molar-refractivity contribution in [2.45, 2.75) is 26.3 Å². The van der Waals surface area contributed by atoms with Gasteiger partial charge in [-0.2, -0.15) is 5.26 Å². The Kier molecular flexibility index (Phi) is 6.71. The number of hydrogen-bond donors (Lipinski definition) is 2. The molecule has 0 aliphatic carbocycles. The molecule has 0 bridgehead atoms. The van der Waals surface area contributed by atoms with Gasteiger partial charge in [-0.25, -0.2) is 0 Å². The minimum atomic E-state index is -0.153. The molecule has 0 spiro atoms. The van der Waals surface area contributed by atoms with E-state index < -0.39 is 0 Å². The average molecular weight is 275 g/mol. The molecule has 0 saturated heterocycles. The zero-order valence-corrected chi connectivity index (χ0v) is 12.0. The van der Waals surface area contributed by atoms with Gasteiger partial charge in [0, 0.05) is 19.2 Å². The van der Waals surface area contributed by atoms with E-state index in [0.717, 1.165) is 0 Å². The van der Waals surface area contributed by atoms with Crippen LogP contribution in [0.25, 0.3) is 0 Å². The van der Waals surface area contributed by atoms with Gasteiger partial charge >= 0.3 is 0 Å². The predicted molar refractivity (Wildman–Crippen MR) is 78.2 cm³/mol. The molecule has 1 aromatic rings. The molecule has 0 aliphatic rings. The van der Waals surface area contributed by atoms with Gasteiger partial charge in [0.15, 0.2) is 0 Å². The number of aliphatic hydroxyl groups is 1. The SMILES string of the molecule is CC(C)N(CCCO)CC(=O)Nc1ccccc1C#N. The van der Waals surface area contributed by atoms with E-state index in [1.165, 1.54) is 0 Å². The van der Waals surface area contributed by atoms with E-state index in [9.17, 15) is 4.79 Å². The summed E-state index contributed by atoms with van der Waals surface area (Å²) < 4.78 is 0. The molecule has 0 aliphatic heterocycles. The fourth-order valence-electron chi connectivity index (χ4n) is 1.86. The molecule has 1 aromatic carbocycles. The van der Waals surface area contributed by atoms with E-state index in [0.29, 0.717) is 24.2 Å². The first kappa shape index (κ1) is 16.2. The van der Waals surface area contributed by atoms with Gasteiger partial charge in [-0.15, -0.1) is 0 Å². The van der Waals surface area contributed by atoms with Crippen LogP contribution in [0.4, 0.5) is 5.69 Å². The molecule has 0 heterocycles. The number of benzene rings is 1. The largest absolute Gasteiger partial charge is 0.396 e. The lowest BCUT2D eigenvalue weighted by molar-refractivity contribution is -0.117. The molecule has 0 atom stereocenters. The number of nitrogens with one attached hydrogen (secondary N) is 1. The molecule has 1 rings (SSSR count). The summed E-state index contributed by atoms with van der Waals surface area (Å²) in [6.45, 7) is 5.04. The topological polar surface area (TPSA) is 76.4 Å². The van der Waals surface area contributed by atoms with Gasteiger partial charge in [0.05, 0.1) is 17.8 Å². The van der Waals surface area contributed by atoms with Gasteiger partial charge in [-0.05, 0) is 32.4 Å². The molecule has 0 radical (unpaired) electrons. The summed E-state index contributed by atoms with van der Waals surface area (Å²) in [5.74, 6) is -0.153. The van der Waals surface area contributed by atoms with Crippen LogP contribution in [-0.4, -0.2) is 41.7 Å². The van der Waals surface area contributed by atoms with Gasteiger partial charge < -0.3 is 10.4 Å². The normalized spacial score (nSPS) is 10.6. The van der Waals surface area contributed by atoms with Crippen LogP contribution in [0, 0.1) is 11.3 Å². The molecule has 108 valence electrons. The van der Waals surface area contributed by atoms with E-state index in [-0.39, 0.29) is 25.1 Å². The smallest absolute Gasteiger partial charge is 0.238 e. The summed E-state index contributed by atoms with van der Waals surface area (Å²) >= 11 is 0. The Hall–Kier alpha value is -1.90. The molecule has 1 amide bonds. The van der Waals surface area contributed by atoms with Gasteiger partial charge in [0.25, 0.3) is 0 Å². The first-order valence-electron chi connectivity index (χ1n) is 6.72. The summed E-state index contributed by atoms with van der Waals surface area (Å²) in [5, 5.41) is 20.6. The minimum Gasteiger partial charge on any atom is -0.396 e. The summed E-state index contributed by atoms with van der Waals surface area (Å²) in [4.78, 5) is 14.0. The molecule has 0 saturated carbocycles. The molecule has 0 unspecified atom stereocenters. The first-order chi connectivity index (χ1) is 9.58. The highest BCUT2D eigenvalue weighted by molar-refractivity contribution is 5.93. The van der Waals surface area contributed by atoms with Gasteiger partial charge in [0.1, 0.15) is 6.07 Å². The lowest BCUT2D eigenvalue weighted by Crippen LogP contribution is -2.39. The molecule has 20 heavy (non-hydrogen) atoms. The van der Waals surface area contributed by atoms with Crippen molar-refractivity contribution in [2.24, 2.45) is 0 Å². The Labute approximate surface area is 119 Å². The first-order valence-corrected chi connectivity index (χ1v) is 6.72. The van der Waals surface area contributed by atoms with E-state index in [2.05, 4.69) is 5.32 Å².